The topological polar surface area (TPSA) is 24.9 Å². The first kappa shape index (κ1) is 19.6. The summed E-state index contributed by atoms with van der Waals surface area (Å²) < 4.78 is 25.3. The number of hydrogen-bond donors (Lipinski definition) is 0. The quantitative estimate of drug-likeness (QED) is 0.475. The normalized spacial score (nSPS) is 38.2. The molecule has 4 nitrogen and oxygen atoms in total. The van der Waals surface area contributed by atoms with Crippen LogP contribution in [0.3, 0.4) is 0 Å². The number of nitrogens with zero attached hydrogens (tertiary/aromatic N) is 2. The minimum absolute atomic E-state index is 0.0319. The minimum Gasteiger partial charge on any atom is -0.380 e. The first-order valence-corrected chi connectivity index (χ1v) is 10.8. The second-order valence-electron chi connectivity index (χ2n) is 9.13. The molecule has 4 aliphatic rings. The maximum Gasteiger partial charge on any atom is 0.0872 e. The van der Waals surface area contributed by atoms with Crippen molar-refractivity contribution in [1.82, 2.24) is 9.80 Å². The van der Waals surface area contributed by atoms with Crippen LogP contribution < -0.4 is 0 Å². The van der Waals surface area contributed by atoms with Crippen molar-refractivity contribution in [3.8, 4) is 0 Å². The van der Waals surface area contributed by atoms with Crippen molar-refractivity contribution in [2.45, 2.75) is 69.0 Å². The molecule has 0 aromatic carbocycles. The fraction of sp³-hybridized carbons (Fsp3) is 0.818. The van der Waals surface area contributed by atoms with Gasteiger partial charge in [-0.05, 0) is 63.6 Å². The van der Waals surface area contributed by atoms with E-state index in [0.717, 1.165) is 70.4 Å². The van der Waals surface area contributed by atoms with Gasteiger partial charge in [0.1, 0.15) is 0 Å². The van der Waals surface area contributed by atoms with E-state index in [1.807, 2.05) is 0 Å². The highest BCUT2D eigenvalue weighted by molar-refractivity contribution is 5.24. The zero-order chi connectivity index (χ0) is 18.9. The summed E-state index contributed by atoms with van der Waals surface area (Å²) in [6.45, 7) is 12.6. The van der Waals surface area contributed by atoms with Gasteiger partial charge < -0.3 is 9.47 Å². The van der Waals surface area contributed by atoms with Crippen molar-refractivity contribution in [1.29, 1.82) is 0 Å². The molecule has 3 atom stereocenters. The van der Waals surface area contributed by atoms with Crippen LogP contribution in [-0.2, 0) is 9.47 Å². The van der Waals surface area contributed by atoms with Gasteiger partial charge in [-0.3, -0.25) is 9.80 Å². The summed E-state index contributed by atoms with van der Waals surface area (Å²) >= 11 is 0. The third kappa shape index (κ3) is 3.52. The number of fused-ring (bicyclic) bond motifs is 2. The van der Waals surface area contributed by atoms with Crippen molar-refractivity contribution >= 4 is 0 Å². The predicted octanol–water partition coefficient (Wildman–Crippen LogP) is 3.68. The van der Waals surface area contributed by atoms with Gasteiger partial charge in [0.05, 0.1) is 32.2 Å². The zero-order valence-corrected chi connectivity index (χ0v) is 16.9. The molecule has 152 valence electrons. The molecule has 0 radical (unpaired) electrons. The Kier molecular flexibility index (Phi) is 5.75. The van der Waals surface area contributed by atoms with E-state index in [2.05, 4.69) is 23.3 Å². The van der Waals surface area contributed by atoms with E-state index in [1.165, 1.54) is 24.8 Å². The van der Waals surface area contributed by atoms with E-state index < -0.39 is 0 Å². The van der Waals surface area contributed by atoms with Gasteiger partial charge in [-0.25, -0.2) is 4.39 Å². The Morgan fingerprint density at radius 2 is 1.93 bits per heavy atom. The molecule has 0 amide bonds. The highest BCUT2D eigenvalue weighted by Gasteiger charge is 2.52. The third-order valence-electron chi connectivity index (χ3n) is 7.27. The third-order valence-corrected chi connectivity index (χ3v) is 7.27. The van der Waals surface area contributed by atoms with E-state index in [0.29, 0.717) is 19.3 Å². The number of ether oxygens (including phenoxy) is 2. The van der Waals surface area contributed by atoms with E-state index in [1.54, 1.807) is 0 Å². The smallest absolute Gasteiger partial charge is 0.0872 e. The van der Waals surface area contributed by atoms with Crippen LogP contribution >= 0.6 is 0 Å². The summed E-state index contributed by atoms with van der Waals surface area (Å²) in [6, 6.07) is 0.307. The van der Waals surface area contributed by atoms with Gasteiger partial charge in [-0.2, -0.15) is 0 Å². The Labute approximate surface area is 163 Å². The molecule has 0 N–H and O–H groups in total. The van der Waals surface area contributed by atoms with Gasteiger partial charge in [0.2, 0.25) is 0 Å². The Balaban J connectivity index is 1.35. The van der Waals surface area contributed by atoms with Crippen molar-refractivity contribution in [3.05, 3.63) is 24.1 Å². The molecule has 0 aliphatic carbocycles. The first-order valence-electron chi connectivity index (χ1n) is 10.8. The minimum atomic E-state index is 0.0319. The molecule has 27 heavy (non-hydrogen) atoms. The molecule has 0 aromatic rings. The van der Waals surface area contributed by atoms with Gasteiger partial charge in [0.25, 0.3) is 0 Å². The molecule has 3 unspecified atom stereocenters. The zero-order valence-electron chi connectivity index (χ0n) is 16.9. The monoisotopic (exact) mass is 378 g/mol. The second kappa shape index (κ2) is 7.94. The van der Waals surface area contributed by atoms with Crippen molar-refractivity contribution < 1.29 is 13.9 Å². The highest BCUT2D eigenvalue weighted by atomic mass is 19.1. The average molecular weight is 379 g/mol. The number of hydrogen-bond acceptors (Lipinski definition) is 4. The SMILES string of the molecule is C=C1CC2(COCCC)CCCN2C1COCC12CCCN1C/C(=C\F)C2. The molecule has 4 rings (SSSR count). The van der Waals surface area contributed by atoms with Gasteiger partial charge >= 0.3 is 0 Å². The van der Waals surface area contributed by atoms with E-state index in [9.17, 15) is 4.39 Å². The lowest BCUT2D eigenvalue weighted by molar-refractivity contribution is -0.0119. The van der Waals surface area contributed by atoms with E-state index in [-0.39, 0.29) is 11.1 Å². The molecule has 4 aliphatic heterocycles. The Morgan fingerprint density at radius 1 is 1.15 bits per heavy atom. The van der Waals surface area contributed by atoms with Crippen molar-refractivity contribution in [3.63, 3.8) is 0 Å². The Bertz CT molecular complexity index is 595. The Hall–Kier alpha value is -0.750. The lowest BCUT2D eigenvalue weighted by Gasteiger charge is -2.35. The molecule has 4 fully saturated rings. The number of rotatable bonds is 8. The molecule has 0 saturated carbocycles. The fourth-order valence-electron chi connectivity index (χ4n) is 6.03. The fourth-order valence-corrected chi connectivity index (χ4v) is 6.03. The number of halogens is 1. The van der Waals surface area contributed by atoms with Crippen LogP contribution in [0.25, 0.3) is 0 Å². The summed E-state index contributed by atoms with van der Waals surface area (Å²) in [5, 5.41) is 0. The molecular formula is C22H35FN2O2. The summed E-state index contributed by atoms with van der Waals surface area (Å²) in [4.78, 5) is 5.04. The predicted molar refractivity (Wildman–Crippen MR) is 105 cm³/mol. The molecule has 0 aromatic heterocycles. The summed E-state index contributed by atoms with van der Waals surface area (Å²) in [6.07, 6.45) is 8.50. The average Bonchev–Trinajstić information content (AvgIpc) is 3.35. The molecular weight excluding hydrogens is 343 g/mol. The van der Waals surface area contributed by atoms with Crippen LogP contribution in [0.4, 0.5) is 4.39 Å². The van der Waals surface area contributed by atoms with Crippen molar-refractivity contribution in [2.75, 3.05) is 46.1 Å². The molecule has 5 heteroatoms. The molecule has 0 spiro atoms. The van der Waals surface area contributed by atoms with E-state index >= 15 is 0 Å². The molecule has 0 bridgehead atoms. The largest absolute Gasteiger partial charge is 0.380 e. The second-order valence-corrected chi connectivity index (χ2v) is 9.13. The lowest BCUT2D eigenvalue weighted by atomic mass is 9.93. The van der Waals surface area contributed by atoms with Gasteiger partial charge in [0, 0.05) is 24.2 Å². The first-order chi connectivity index (χ1) is 13.1. The lowest BCUT2D eigenvalue weighted by Crippen LogP contribution is -2.48. The van der Waals surface area contributed by atoms with Gasteiger partial charge in [0.15, 0.2) is 0 Å². The van der Waals surface area contributed by atoms with Crippen LogP contribution in [0.2, 0.25) is 0 Å². The molecule has 4 heterocycles. The summed E-state index contributed by atoms with van der Waals surface area (Å²) in [7, 11) is 0. The maximum atomic E-state index is 13.1. The maximum absolute atomic E-state index is 13.1. The van der Waals surface area contributed by atoms with Crippen LogP contribution in [0.5, 0.6) is 0 Å². The van der Waals surface area contributed by atoms with Crippen LogP contribution in [-0.4, -0.2) is 73.0 Å². The summed E-state index contributed by atoms with van der Waals surface area (Å²) in [5.41, 5.74) is 2.40. The molecule has 4 saturated heterocycles. The summed E-state index contributed by atoms with van der Waals surface area (Å²) in [5.74, 6) is 0. The van der Waals surface area contributed by atoms with Gasteiger partial charge in [-0.15, -0.1) is 0 Å². The van der Waals surface area contributed by atoms with Gasteiger partial charge in [-0.1, -0.05) is 19.1 Å². The van der Waals surface area contributed by atoms with Crippen LogP contribution in [0.1, 0.15) is 51.9 Å². The van der Waals surface area contributed by atoms with Crippen LogP contribution in [0, 0.1) is 0 Å². The Morgan fingerprint density at radius 3 is 2.74 bits per heavy atom. The van der Waals surface area contributed by atoms with Crippen molar-refractivity contribution in [2.24, 2.45) is 0 Å². The highest BCUT2D eigenvalue weighted by Crippen LogP contribution is 2.45. The van der Waals surface area contributed by atoms with Crippen LogP contribution in [0.15, 0.2) is 24.1 Å². The standard InChI is InChI=1S/C22H35FN2O2/c1-3-10-26-17-22-7-5-9-25(22)20(18(2)11-22)15-27-16-21-6-4-8-24(21)14-19(12-21)13-23/h13,20H,2-12,14-17H2,1H3/b19-13-. The van der Waals surface area contributed by atoms with E-state index in [4.69, 9.17) is 9.47 Å².